The van der Waals surface area contributed by atoms with Crippen molar-refractivity contribution in [2.75, 3.05) is 0 Å². The fourth-order valence-corrected chi connectivity index (χ4v) is 6.03. The summed E-state index contributed by atoms with van der Waals surface area (Å²) in [5.41, 5.74) is -0.685. The predicted molar refractivity (Wildman–Crippen MR) is 79.6 cm³/mol. The molecule has 21 heavy (non-hydrogen) atoms. The minimum absolute atomic E-state index is 0.0944. The molecule has 0 N–H and O–H groups in total. The van der Waals surface area contributed by atoms with Gasteiger partial charge in [0, 0.05) is 12.3 Å². The fraction of sp³-hybridized carbons (Fsp3) is 0.833. The first-order chi connectivity index (χ1) is 9.84. The summed E-state index contributed by atoms with van der Waals surface area (Å²) in [6, 6.07) is 0. The number of hydrogen-bond acceptors (Lipinski definition) is 3. The maximum Gasteiger partial charge on any atom is 0.146 e. The summed E-state index contributed by atoms with van der Waals surface area (Å²) in [4.78, 5) is 35.9. The van der Waals surface area contributed by atoms with Crippen molar-refractivity contribution in [2.45, 2.75) is 59.3 Å². The molecule has 6 atom stereocenters. The van der Waals surface area contributed by atoms with Crippen LogP contribution in [0.3, 0.4) is 0 Å². The lowest BCUT2D eigenvalue weighted by atomic mass is 9.49. The zero-order chi connectivity index (χ0) is 15.4. The standard InChI is InChI=1S/C18H26O3/c1-11(20)13-5-6-14-12-4-7-16(21)18(3,10-19)15(12)8-9-17(13,14)2/h10,12-15H,4-9H2,1-3H3/t12?,13-,14?,15?,17-,18-/m1/s1. The number of rotatable bonds is 2. The van der Waals surface area contributed by atoms with Gasteiger partial charge >= 0.3 is 0 Å². The van der Waals surface area contributed by atoms with E-state index in [0.717, 1.165) is 38.4 Å². The maximum atomic E-state index is 12.3. The van der Waals surface area contributed by atoms with Crippen LogP contribution >= 0.6 is 0 Å². The molecule has 3 nitrogen and oxygen atoms in total. The second-order valence-corrected chi connectivity index (χ2v) is 8.02. The molecule has 116 valence electrons. The Morgan fingerprint density at radius 2 is 1.86 bits per heavy atom. The van der Waals surface area contributed by atoms with Crippen LogP contribution in [0.2, 0.25) is 0 Å². The molecular weight excluding hydrogens is 264 g/mol. The number of ketones is 2. The van der Waals surface area contributed by atoms with Crippen LogP contribution in [0.5, 0.6) is 0 Å². The molecule has 0 aromatic rings. The molecule has 0 spiro atoms. The van der Waals surface area contributed by atoms with Gasteiger partial charge in [-0.15, -0.1) is 0 Å². The summed E-state index contributed by atoms with van der Waals surface area (Å²) < 4.78 is 0. The first-order valence-electron chi connectivity index (χ1n) is 8.34. The van der Waals surface area contributed by atoms with E-state index in [1.54, 1.807) is 6.92 Å². The Bertz CT molecular complexity index is 497. The third-order valence-electron chi connectivity index (χ3n) is 7.25. The van der Waals surface area contributed by atoms with Crippen LogP contribution in [0, 0.1) is 34.5 Å². The SMILES string of the molecule is CC(=O)[C@H]1CCC2C3CCC(=O)[C@](C)(C=O)C3CC[C@@]21C. The van der Waals surface area contributed by atoms with Crippen LogP contribution in [0.1, 0.15) is 59.3 Å². The summed E-state index contributed by atoms with van der Waals surface area (Å²) >= 11 is 0. The zero-order valence-electron chi connectivity index (χ0n) is 13.4. The van der Waals surface area contributed by atoms with Gasteiger partial charge in [0.2, 0.25) is 0 Å². The van der Waals surface area contributed by atoms with E-state index in [4.69, 9.17) is 0 Å². The van der Waals surface area contributed by atoms with E-state index in [-0.39, 0.29) is 23.0 Å². The molecule has 0 saturated heterocycles. The smallest absolute Gasteiger partial charge is 0.146 e. The number of carbonyl (C=O) groups is 3. The van der Waals surface area contributed by atoms with Crippen molar-refractivity contribution in [3.8, 4) is 0 Å². The molecule has 0 radical (unpaired) electrons. The van der Waals surface area contributed by atoms with Gasteiger partial charge in [-0.2, -0.15) is 0 Å². The molecule has 3 aliphatic rings. The zero-order valence-corrected chi connectivity index (χ0v) is 13.4. The molecule has 0 heterocycles. The third-order valence-corrected chi connectivity index (χ3v) is 7.25. The van der Waals surface area contributed by atoms with E-state index in [9.17, 15) is 14.4 Å². The highest BCUT2D eigenvalue weighted by Crippen LogP contribution is 2.63. The predicted octanol–water partition coefficient (Wildman–Crippen LogP) is 3.20. The van der Waals surface area contributed by atoms with Crippen LogP contribution in [0.25, 0.3) is 0 Å². The monoisotopic (exact) mass is 290 g/mol. The average molecular weight is 290 g/mol. The maximum absolute atomic E-state index is 12.3. The minimum atomic E-state index is -0.779. The Kier molecular flexibility index (Phi) is 3.38. The van der Waals surface area contributed by atoms with Crippen molar-refractivity contribution in [3.63, 3.8) is 0 Å². The van der Waals surface area contributed by atoms with Crippen LogP contribution < -0.4 is 0 Å². The largest absolute Gasteiger partial charge is 0.302 e. The first kappa shape index (κ1) is 14.9. The van der Waals surface area contributed by atoms with Gasteiger partial charge in [-0.3, -0.25) is 9.59 Å². The highest BCUT2D eigenvalue weighted by Gasteiger charge is 2.60. The molecule has 0 bridgehead atoms. The second-order valence-electron chi connectivity index (χ2n) is 8.02. The Morgan fingerprint density at radius 3 is 2.48 bits per heavy atom. The molecule has 3 unspecified atom stereocenters. The van der Waals surface area contributed by atoms with Gasteiger partial charge in [-0.1, -0.05) is 6.92 Å². The number of carbonyl (C=O) groups excluding carboxylic acids is 3. The summed E-state index contributed by atoms with van der Waals surface area (Å²) in [5.74, 6) is 1.79. The third kappa shape index (κ3) is 1.89. The molecule has 0 aromatic heterocycles. The number of aldehydes is 1. The second kappa shape index (κ2) is 4.76. The van der Waals surface area contributed by atoms with E-state index >= 15 is 0 Å². The van der Waals surface area contributed by atoms with E-state index in [0.29, 0.717) is 24.0 Å². The Hall–Kier alpha value is -0.990. The van der Waals surface area contributed by atoms with E-state index in [1.807, 2.05) is 6.92 Å². The van der Waals surface area contributed by atoms with Gasteiger partial charge in [-0.25, -0.2) is 0 Å². The number of Topliss-reactive ketones (excluding diaryl/α,β-unsaturated/α-hetero) is 2. The Morgan fingerprint density at radius 1 is 1.14 bits per heavy atom. The van der Waals surface area contributed by atoms with Crippen LogP contribution in [-0.2, 0) is 14.4 Å². The molecule has 0 amide bonds. The molecule has 0 aliphatic heterocycles. The lowest BCUT2D eigenvalue weighted by molar-refractivity contribution is -0.151. The minimum Gasteiger partial charge on any atom is -0.302 e. The summed E-state index contributed by atoms with van der Waals surface area (Å²) in [6.45, 7) is 5.85. The first-order valence-corrected chi connectivity index (χ1v) is 8.34. The Balaban J connectivity index is 1.94. The normalized spacial score (nSPS) is 49.4. The summed E-state index contributed by atoms with van der Waals surface area (Å²) in [5, 5.41) is 0. The highest BCUT2D eigenvalue weighted by molar-refractivity contribution is 5.98. The van der Waals surface area contributed by atoms with Crippen molar-refractivity contribution in [2.24, 2.45) is 34.5 Å². The summed E-state index contributed by atoms with van der Waals surface area (Å²) in [7, 11) is 0. The molecule has 3 heteroatoms. The molecule has 0 aromatic carbocycles. The fourth-order valence-electron chi connectivity index (χ4n) is 6.03. The van der Waals surface area contributed by atoms with Crippen molar-refractivity contribution in [1.82, 2.24) is 0 Å². The van der Waals surface area contributed by atoms with Crippen molar-refractivity contribution in [1.29, 1.82) is 0 Å². The van der Waals surface area contributed by atoms with Gasteiger partial charge in [0.05, 0.1) is 5.41 Å². The van der Waals surface area contributed by atoms with Gasteiger partial charge < -0.3 is 4.79 Å². The average Bonchev–Trinajstić information content (AvgIpc) is 2.80. The van der Waals surface area contributed by atoms with Gasteiger partial charge in [0.15, 0.2) is 0 Å². The molecule has 3 fully saturated rings. The van der Waals surface area contributed by atoms with E-state index < -0.39 is 5.41 Å². The lowest BCUT2D eigenvalue weighted by Gasteiger charge is -2.54. The van der Waals surface area contributed by atoms with Crippen molar-refractivity contribution >= 4 is 17.9 Å². The van der Waals surface area contributed by atoms with Crippen LogP contribution in [0.4, 0.5) is 0 Å². The summed E-state index contributed by atoms with van der Waals surface area (Å²) in [6.07, 6.45) is 6.34. The highest BCUT2D eigenvalue weighted by atomic mass is 16.1. The van der Waals surface area contributed by atoms with Crippen LogP contribution in [-0.4, -0.2) is 17.9 Å². The number of fused-ring (bicyclic) bond motifs is 3. The lowest BCUT2D eigenvalue weighted by Crippen LogP contribution is -2.53. The molecule has 3 rings (SSSR count). The topological polar surface area (TPSA) is 51.2 Å². The quantitative estimate of drug-likeness (QED) is 0.579. The Labute approximate surface area is 126 Å². The van der Waals surface area contributed by atoms with Gasteiger partial charge in [-0.05, 0) is 69.1 Å². The van der Waals surface area contributed by atoms with Crippen molar-refractivity contribution in [3.05, 3.63) is 0 Å². The molecule has 3 aliphatic carbocycles. The van der Waals surface area contributed by atoms with Crippen LogP contribution in [0.15, 0.2) is 0 Å². The number of hydrogen-bond donors (Lipinski definition) is 0. The van der Waals surface area contributed by atoms with E-state index in [1.165, 1.54) is 0 Å². The van der Waals surface area contributed by atoms with Gasteiger partial charge in [0.25, 0.3) is 0 Å². The molecular formula is C18H26O3. The van der Waals surface area contributed by atoms with E-state index in [2.05, 4.69) is 6.92 Å². The molecule has 3 saturated carbocycles. The van der Waals surface area contributed by atoms with Gasteiger partial charge in [0.1, 0.15) is 17.9 Å². The van der Waals surface area contributed by atoms with Crippen molar-refractivity contribution < 1.29 is 14.4 Å².